The van der Waals surface area contributed by atoms with Crippen LogP contribution in [-0.2, 0) is 27.5 Å². The molecule has 0 radical (unpaired) electrons. The fraction of sp³-hybridized carbons (Fsp3) is 0.188. The lowest BCUT2D eigenvalue weighted by molar-refractivity contribution is -0.138. The van der Waals surface area contributed by atoms with Crippen molar-refractivity contribution in [3.05, 3.63) is 64.7 Å². The summed E-state index contributed by atoms with van der Waals surface area (Å²) in [4.78, 5) is 8.97. The molecule has 2 rings (SSSR count). The number of carboxylic acid groups (broad SMARTS) is 1. The molecule has 13 heteroatoms. The summed E-state index contributed by atoms with van der Waals surface area (Å²) >= 11 is 0. The van der Waals surface area contributed by atoms with Crippen molar-refractivity contribution in [2.24, 2.45) is 0 Å². The average molecular weight is 445 g/mol. The van der Waals surface area contributed by atoms with Gasteiger partial charge in [0.25, 0.3) is 0 Å². The largest absolute Gasteiger partial charge is 0.480 e. The average Bonchev–Trinajstić information content (AvgIpc) is 2.58. The summed E-state index contributed by atoms with van der Waals surface area (Å²) in [7, 11) is -5.53. The number of hydrogen-bond acceptors (Lipinski definition) is 3. The van der Waals surface area contributed by atoms with Gasteiger partial charge >= 0.3 is 12.1 Å². The Hall–Kier alpha value is -2.67. The maximum absolute atomic E-state index is 13.9. The zero-order valence-electron chi connectivity index (χ0n) is 14.0. The Morgan fingerprint density at radius 3 is 2.14 bits per heavy atom. The van der Waals surface area contributed by atoms with Gasteiger partial charge in [-0.2, -0.15) is 17.5 Å². The molecule has 158 valence electrons. The van der Waals surface area contributed by atoms with E-state index in [0.29, 0.717) is 6.07 Å². The van der Waals surface area contributed by atoms with Gasteiger partial charge in [0, 0.05) is 12.6 Å². The number of nitrogens with zero attached hydrogens (tertiary/aromatic N) is 1. The predicted molar refractivity (Wildman–Crippen MR) is 82.9 cm³/mol. The van der Waals surface area contributed by atoms with Gasteiger partial charge in [-0.15, -0.1) is 0 Å². The van der Waals surface area contributed by atoms with Gasteiger partial charge < -0.3 is 5.11 Å². The summed E-state index contributed by atoms with van der Waals surface area (Å²) < 4.78 is 119. The van der Waals surface area contributed by atoms with Crippen molar-refractivity contribution in [1.29, 1.82) is 0 Å². The first-order chi connectivity index (χ1) is 13.3. The molecule has 0 amide bonds. The molecule has 0 aromatic heterocycles. The van der Waals surface area contributed by atoms with Gasteiger partial charge in [0.1, 0.15) is 12.4 Å². The van der Waals surface area contributed by atoms with Crippen LogP contribution in [0.3, 0.4) is 0 Å². The van der Waals surface area contributed by atoms with E-state index < -0.39 is 74.5 Å². The fourth-order valence-electron chi connectivity index (χ4n) is 2.42. The van der Waals surface area contributed by atoms with Gasteiger partial charge in [-0.25, -0.2) is 26.0 Å². The summed E-state index contributed by atoms with van der Waals surface area (Å²) in [6.07, 6.45) is -4.95. The van der Waals surface area contributed by atoms with Crippen molar-refractivity contribution in [3.63, 3.8) is 0 Å². The third-order valence-corrected chi connectivity index (χ3v) is 5.48. The first-order valence-electron chi connectivity index (χ1n) is 7.46. The SMILES string of the molecule is O=C(O)CN(Cc1ccccc1C(F)(F)F)S(=O)(=O)c1c(F)cc(F)c(F)c1F. The number of halogens is 7. The minimum absolute atomic E-state index is 0.196. The topological polar surface area (TPSA) is 74.7 Å². The molecule has 0 saturated heterocycles. The Morgan fingerprint density at radius 1 is 1.00 bits per heavy atom. The first-order valence-corrected chi connectivity index (χ1v) is 8.90. The highest BCUT2D eigenvalue weighted by atomic mass is 32.2. The molecular weight excluding hydrogens is 435 g/mol. The van der Waals surface area contributed by atoms with Crippen LogP contribution in [0, 0.1) is 23.3 Å². The highest BCUT2D eigenvalue weighted by Crippen LogP contribution is 2.34. The second kappa shape index (κ2) is 7.99. The summed E-state index contributed by atoms with van der Waals surface area (Å²) in [5.41, 5.74) is -2.05. The molecule has 0 spiro atoms. The molecule has 5 nitrogen and oxygen atoms in total. The van der Waals surface area contributed by atoms with Gasteiger partial charge in [-0.05, 0) is 11.6 Å². The van der Waals surface area contributed by atoms with Crippen LogP contribution >= 0.6 is 0 Å². The fourth-order valence-corrected chi connectivity index (χ4v) is 3.89. The number of sulfonamides is 1. The van der Waals surface area contributed by atoms with Crippen molar-refractivity contribution < 1.29 is 49.1 Å². The number of alkyl halides is 3. The Balaban J connectivity index is 2.64. The lowest BCUT2D eigenvalue weighted by Gasteiger charge is -2.23. The molecule has 0 atom stereocenters. The van der Waals surface area contributed by atoms with Crippen LogP contribution in [0.1, 0.15) is 11.1 Å². The minimum atomic E-state index is -5.53. The Morgan fingerprint density at radius 2 is 1.59 bits per heavy atom. The Kier molecular flexibility index (Phi) is 6.23. The van der Waals surface area contributed by atoms with Gasteiger partial charge in [0.05, 0.1) is 5.56 Å². The van der Waals surface area contributed by atoms with E-state index in [1.807, 2.05) is 0 Å². The van der Waals surface area contributed by atoms with E-state index in [2.05, 4.69) is 0 Å². The van der Waals surface area contributed by atoms with E-state index in [-0.39, 0.29) is 10.4 Å². The molecule has 0 heterocycles. The van der Waals surface area contributed by atoms with Crippen molar-refractivity contribution >= 4 is 16.0 Å². The normalized spacial score (nSPS) is 12.4. The number of aliphatic carboxylic acids is 1. The highest BCUT2D eigenvalue weighted by molar-refractivity contribution is 7.89. The van der Waals surface area contributed by atoms with Gasteiger partial charge in [-0.3, -0.25) is 4.79 Å². The van der Waals surface area contributed by atoms with Crippen molar-refractivity contribution in [2.45, 2.75) is 17.6 Å². The third-order valence-electron chi connectivity index (χ3n) is 3.65. The molecule has 0 aliphatic carbocycles. The maximum Gasteiger partial charge on any atom is 0.416 e. The second-order valence-corrected chi connectivity index (χ2v) is 7.49. The maximum atomic E-state index is 13.9. The Labute approximate surface area is 159 Å². The number of carboxylic acids is 1. The van der Waals surface area contributed by atoms with E-state index >= 15 is 0 Å². The van der Waals surface area contributed by atoms with Crippen LogP contribution in [0.25, 0.3) is 0 Å². The number of benzene rings is 2. The van der Waals surface area contributed by atoms with Crippen LogP contribution in [0.5, 0.6) is 0 Å². The van der Waals surface area contributed by atoms with E-state index in [4.69, 9.17) is 5.11 Å². The molecule has 0 bridgehead atoms. The lowest BCUT2D eigenvalue weighted by Crippen LogP contribution is -2.37. The predicted octanol–water partition coefficient (Wildman–Crippen LogP) is 3.54. The van der Waals surface area contributed by atoms with Crippen LogP contribution in [0.15, 0.2) is 35.2 Å². The van der Waals surface area contributed by atoms with Crippen LogP contribution in [0.4, 0.5) is 30.7 Å². The van der Waals surface area contributed by atoms with Crippen molar-refractivity contribution in [2.75, 3.05) is 6.54 Å². The van der Waals surface area contributed by atoms with Crippen molar-refractivity contribution in [1.82, 2.24) is 4.31 Å². The van der Waals surface area contributed by atoms with Gasteiger partial charge in [-0.1, -0.05) is 18.2 Å². The zero-order chi connectivity index (χ0) is 22.1. The molecule has 0 aliphatic rings. The zero-order valence-corrected chi connectivity index (χ0v) is 14.8. The molecule has 0 fully saturated rings. The molecule has 1 N–H and O–H groups in total. The summed E-state index contributed by atoms with van der Waals surface area (Å²) in [5, 5.41) is 8.89. The van der Waals surface area contributed by atoms with Crippen LogP contribution in [0.2, 0.25) is 0 Å². The summed E-state index contributed by atoms with van der Waals surface area (Å²) in [6, 6.07) is 3.20. The van der Waals surface area contributed by atoms with Gasteiger partial charge in [0.15, 0.2) is 22.3 Å². The lowest BCUT2D eigenvalue weighted by atomic mass is 10.1. The monoisotopic (exact) mass is 445 g/mol. The molecular formula is C16H10F7NO4S. The number of hydrogen-bond donors (Lipinski definition) is 1. The number of carbonyl (C=O) groups is 1. The quantitative estimate of drug-likeness (QED) is 0.420. The summed E-state index contributed by atoms with van der Waals surface area (Å²) in [6.45, 7) is -2.77. The molecule has 0 aliphatic heterocycles. The Bertz CT molecular complexity index is 1050. The van der Waals surface area contributed by atoms with Gasteiger partial charge in [0.2, 0.25) is 10.0 Å². The standard InChI is InChI=1S/C16H10F7NO4S/c17-10-5-11(18)15(14(20)13(10)19)29(27,28)24(7-12(25)26)6-8-3-1-2-4-9(8)16(21,22)23/h1-5H,6-7H2,(H,25,26). The smallest absolute Gasteiger partial charge is 0.416 e. The van der Waals surface area contributed by atoms with Crippen LogP contribution < -0.4 is 0 Å². The highest BCUT2D eigenvalue weighted by Gasteiger charge is 2.38. The number of rotatable bonds is 6. The molecule has 2 aromatic carbocycles. The second-order valence-electron chi connectivity index (χ2n) is 5.62. The molecule has 29 heavy (non-hydrogen) atoms. The van der Waals surface area contributed by atoms with E-state index in [9.17, 15) is 43.9 Å². The third kappa shape index (κ3) is 4.67. The van der Waals surface area contributed by atoms with E-state index in [1.54, 1.807) is 0 Å². The molecule has 2 aromatic rings. The molecule has 0 saturated carbocycles. The molecule has 0 unspecified atom stereocenters. The summed E-state index contributed by atoms with van der Waals surface area (Å²) in [5.74, 6) is -10.8. The first kappa shape index (κ1) is 22.6. The van der Waals surface area contributed by atoms with Crippen molar-refractivity contribution in [3.8, 4) is 0 Å². The minimum Gasteiger partial charge on any atom is -0.480 e. The van der Waals surface area contributed by atoms with Crippen LogP contribution in [-0.4, -0.2) is 30.3 Å². The van der Waals surface area contributed by atoms with E-state index in [0.717, 1.165) is 18.2 Å². The van der Waals surface area contributed by atoms with E-state index in [1.165, 1.54) is 0 Å².